The molecule has 0 amide bonds. The summed E-state index contributed by atoms with van der Waals surface area (Å²) in [6.45, 7) is 4.00. The van der Waals surface area contributed by atoms with E-state index in [9.17, 15) is 8.42 Å². The Hall–Kier alpha value is -1.25. The van der Waals surface area contributed by atoms with Crippen LogP contribution in [0, 0.1) is 13.8 Å². The number of benzene rings is 1. The van der Waals surface area contributed by atoms with E-state index < -0.39 is 16.1 Å². The van der Waals surface area contributed by atoms with Gasteiger partial charge in [0.05, 0.1) is 19.3 Å². The number of nitrogens with one attached hydrogen (secondary N) is 1. The fourth-order valence-electron chi connectivity index (χ4n) is 2.06. The normalized spacial score (nSPS) is 13.2. The first-order valence-corrected chi connectivity index (χ1v) is 9.57. The highest BCUT2D eigenvalue weighted by molar-refractivity contribution is 7.91. The molecule has 1 aromatic heterocycles. The highest BCUT2D eigenvalue weighted by Crippen LogP contribution is 2.22. The molecule has 1 heterocycles. The van der Waals surface area contributed by atoms with Crippen molar-refractivity contribution >= 4 is 21.4 Å². The second-order valence-corrected chi connectivity index (χ2v) is 8.49. The fraction of sp³-hybridized carbons (Fsp3) is 0.375. The summed E-state index contributed by atoms with van der Waals surface area (Å²) in [7, 11) is -3.55. The van der Waals surface area contributed by atoms with Gasteiger partial charge < -0.3 is 9.84 Å². The summed E-state index contributed by atoms with van der Waals surface area (Å²) in [5.41, 5.74) is 1.98. The van der Waals surface area contributed by atoms with Gasteiger partial charge in [0.1, 0.15) is 4.21 Å². The van der Waals surface area contributed by atoms with Gasteiger partial charge in [-0.1, -0.05) is 29.8 Å². The van der Waals surface area contributed by atoms with E-state index in [1.807, 2.05) is 38.1 Å². The van der Waals surface area contributed by atoms with E-state index in [-0.39, 0.29) is 19.8 Å². The van der Waals surface area contributed by atoms with E-state index in [0.29, 0.717) is 4.21 Å². The number of ether oxygens (including phenoxy) is 1. The molecule has 126 valence electrons. The summed E-state index contributed by atoms with van der Waals surface area (Å²) >= 11 is 1.23. The predicted molar refractivity (Wildman–Crippen MR) is 91.2 cm³/mol. The van der Waals surface area contributed by atoms with Gasteiger partial charge in [-0.15, -0.1) is 11.3 Å². The van der Waals surface area contributed by atoms with Crippen molar-refractivity contribution in [3.63, 3.8) is 0 Å². The highest BCUT2D eigenvalue weighted by atomic mass is 32.2. The Bertz CT molecular complexity index is 723. The molecule has 2 aromatic rings. The van der Waals surface area contributed by atoms with E-state index in [4.69, 9.17) is 9.84 Å². The van der Waals surface area contributed by atoms with Gasteiger partial charge in [0.2, 0.25) is 10.0 Å². The number of hydrogen-bond donors (Lipinski definition) is 2. The summed E-state index contributed by atoms with van der Waals surface area (Å²) in [5, 5.41) is 8.95. The average Bonchev–Trinajstić information content (AvgIpc) is 2.96. The Labute approximate surface area is 141 Å². The molecule has 1 aromatic carbocycles. The molecule has 0 bridgehead atoms. The summed E-state index contributed by atoms with van der Waals surface area (Å²) in [5.74, 6) is 0. The van der Waals surface area contributed by atoms with Gasteiger partial charge in [-0.3, -0.25) is 0 Å². The molecule has 0 spiro atoms. The third-order valence-electron chi connectivity index (χ3n) is 3.30. The first kappa shape index (κ1) is 18.1. The largest absolute Gasteiger partial charge is 0.394 e. The number of rotatable bonds is 8. The van der Waals surface area contributed by atoms with Gasteiger partial charge >= 0.3 is 0 Å². The maximum atomic E-state index is 12.3. The average molecular weight is 355 g/mol. The van der Waals surface area contributed by atoms with Gasteiger partial charge in [0.15, 0.2) is 0 Å². The molecular weight excluding hydrogens is 334 g/mol. The Kier molecular flexibility index (Phi) is 6.32. The maximum Gasteiger partial charge on any atom is 0.250 e. The molecule has 0 aliphatic carbocycles. The van der Waals surface area contributed by atoms with Crippen molar-refractivity contribution in [1.82, 2.24) is 4.72 Å². The zero-order valence-electron chi connectivity index (χ0n) is 13.2. The first-order chi connectivity index (χ1) is 10.9. The van der Waals surface area contributed by atoms with Crippen LogP contribution in [0.5, 0.6) is 0 Å². The molecule has 0 aliphatic heterocycles. The van der Waals surface area contributed by atoms with E-state index in [1.54, 1.807) is 12.1 Å². The number of aliphatic hydroxyl groups is 1. The summed E-state index contributed by atoms with van der Waals surface area (Å²) in [6, 6.07) is 11.1. The van der Waals surface area contributed by atoms with Crippen LogP contribution in [-0.4, -0.2) is 33.3 Å². The smallest absolute Gasteiger partial charge is 0.250 e. The Morgan fingerprint density at radius 3 is 2.43 bits per heavy atom. The molecule has 1 atom stereocenters. The summed E-state index contributed by atoms with van der Waals surface area (Å²) in [6.07, 6.45) is -0.446. The number of aliphatic hydroxyl groups excluding tert-OH is 1. The zero-order valence-corrected chi connectivity index (χ0v) is 14.8. The zero-order chi connectivity index (χ0) is 16.9. The topological polar surface area (TPSA) is 75.6 Å². The summed E-state index contributed by atoms with van der Waals surface area (Å²) < 4.78 is 33.1. The van der Waals surface area contributed by atoms with Crippen molar-refractivity contribution in [2.75, 3.05) is 19.8 Å². The maximum absolute atomic E-state index is 12.3. The Balaban J connectivity index is 2.10. The molecule has 2 N–H and O–H groups in total. The number of sulfonamides is 1. The van der Waals surface area contributed by atoms with Crippen molar-refractivity contribution in [3.8, 4) is 0 Å². The Morgan fingerprint density at radius 1 is 1.17 bits per heavy atom. The molecule has 0 fully saturated rings. The van der Waals surface area contributed by atoms with Gasteiger partial charge in [0.25, 0.3) is 0 Å². The molecule has 0 aliphatic rings. The molecule has 0 saturated carbocycles. The van der Waals surface area contributed by atoms with Crippen LogP contribution in [-0.2, 0) is 14.8 Å². The van der Waals surface area contributed by atoms with Crippen LogP contribution in [0.2, 0.25) is 0 Å². The highest BCUT2D eigenvalue weighted by Gasteiger charge is 2.20. The van der Waals surface area contributed by atoms with E-state index in [0.717, 1.165) is 16.0 Å². The van der Waals surface area contributed by atoms with Crippen molar-refractivity contribution < 1.29 is 18.3 Å². The minimum atomic E-state index is -3.55. The van der Waals surface area contributed by atoms with Crippen LogP contribution in [0.25, 0.3) is 0 Å². The predicted octanol–water partition coefficient (Wildman–Crippen LogP) is 2.39. The SMILES string of the molecule is Cc1ccc(C(CNS(=O)(=O)c2ccc(C)s2)OCCO)cc1. The number of aryl methyl sites for hydroxylation is 2. The molecule has 7 heteroatoms. The molecule has 23 heavy (non-hydrogen) atoms. The van der Waals surface area contributed by atoms with Crippen molar-refractivity contribution in [3.05, 3.63) is 52.4 Å². The standard InChI is InChI=1S/C16H21NO4S2/c1-12-3-6-14(7-4-12)15(21-10-9-18)11-17-23(19,20)16-8-5-13(2)22-16/h3-8,15,17-18H,9-11H2,1-2H3. The third kappa shape index (κ3) is 5.12. The van der Waals surface area contributed by atoms with E-state index in [1.165, 1.54) is 11.3 Å². The summed E-state index contributed by atoms with van der Waals surface area (Å²) in [4.78, 5) is 0.942. The number of thiophene rings is 1. The minimum absolute atomic E-state index is 0.112. The monoisotopic (exact) mass is 355 g/mol. The van der Waals surface area contributed by atoms with Gasteiger partial charge in [-0.25, -0.2) is 13.1 Å². The lowest BCUT2D eigenvalue weighted by atomic mass is 10.1. The lowest BCUT2D eigenvalue weighted by molar-refractivity contribution is 0.0309. The van der Waals surface area contributed by atoms with Crippen LogP contribution in [0.3, 0.4) is 0 Å². The van der Waals surface area contributed by atoms with Crippen molar-refractivity contribution in [2.24, 2.45) is 0 Å². The second kappa shape index (κ2) is 8.03. The van der Waals surface area contributed by atoms with Gasteiger partial charge in [-0.05, 0) is 31.5 Å². The lowest BCUT2D eigenvalue weighted by Crippen LogP contribution is -2.29. The fourth-order valence-corrected chi connectivity index (χ4v) is 4.42. The van der Waals surface area contributed by atoms with Crippen LogP contribution in [0.15, 0.2) is 40.6 Å². The molecular formula is C16H21NO4S2. The van der Waals surface area contributed by atoms with Gasteiger partial charge in [-0.2, -0.15) is 0 Å². The molecule has 0 radical (unpaired) electrons. The van der Waals surface area contributed by atoms with E-state index in [2.05, 4.69) is 4.72 Å². The van der Waals surface area contributed by atoms with Crippen LogP contribution >= 0.6 is 11.3 Å². The van der Waals surface area contributed by atoms with Crippen LogP contribution in [0.1, 0.15) is 22.1 Å². The molecule has 2 rings (SSSR count). The first-order valence-electron chi connectivity index (χ1n) is 7.27. The molecule has 5 nitrogen and oxygen atoms in total. The quantitative estimate of drug-likeness (QED) is 0.762. The third-order valence-corrected chi connectivity index (χ3v) is 6.21. The van der Waals surface area contributed by atoms with Crippen molar-refractivity contribution in [1.29, 1.82) is 0 Å². The van der Waals surface area contributed by atoms with E-state index >= 15 is 0 Å². The molecule has 1 unspecified atom stereocenters. The number of hydrogen-bond acceptors (Lipinski definition) is 5. The van der Waals surface area contributed by atoms with Crippen molar-refractivity contribution in [2.45, 2.75) is 24.2 Å². The second-order valence-electron chi connectivity index (χ2n) is 5.21. The van der Waals surface area contributed by atoms with Crippen LogP contribution in [0.4, 0.5) is 0 Å². The Morgan fingerprint density at radius 2 is 1.87 bits per heavy atom. The minimum Gasteiger partial charge on any atom is -0.394 e. The molecule has 0 saturated heterocycles. The van der Waals surface area contributed by atoms with Gasteiger partial charge in [0, 0.05) is 11.4 Å². The van der Waals surface area contributed by atoms with Crippen LogP contribution < -0.4 is 4.72 Å². The lowest BCUT2D eigenvalue weighted by Gasteiger charge is -2.18.